The van der Waals surface area contributed by atoms with Crippen molar-refractivity contribution < 1.29 is 14.3 Å². The van der Waals surface area contributed by atoms with Crippen LogP contribution in [0.4, 0.5) is 5.69 Å². The maximum atomic E-state index is 12.6. The number of nitrogens with zero attached hydrogens (tertiary/aromatic N) is 5. The van der Waals surface area contributed by atoms with Crippen molar-refractivity contribution in [2.24, 2.45) is 0 Å². The van der Waals surface area contributed by atoms with E-state index in [-0.39, 0.29) is 28.0 Å². The molecule has 2 amide bonds. The highest BCUT2D eigenvalue weighted by Gasteiger charge is 2.19. The molecule has 10 nitrogen and oxygen atoms in total. The van der Waals surface area contributed by atoms with Crippen LogP contribution in [0, 0.1) is 0 Å². The lowest BCUT2D eigenvalue weighted by Gasteiger charge is -2.27. The molecule has 0 radical (unpaired) electrons. The number of halogens is 2. The first-order valence-corrected chi connectivity index (χ1v) is 13.3. The predicted molar refractivity (Wildman–Crippen MR) is 144 cm³/mol. The van der Waals surface area contributed by atoms with Crippen LogP contribution in [0.15, 0.2) is 41.6 Å². The molecule has 3 aromatic rings. The molecule has 0 saturated carbocycles. The highest BCUT2D eigenvalue weighted by molar-refractivity contribution is 7.99. The van der Waals surface area contributed by atoms with Crippen LogP contribution in [0.2, 0.25) is 10.0 Å². The molecule has 0 aliphatic carbocycles. The van der Waals surface area contributed by atoms with Crippen LogP contribution in [0.25, 0.3) is 5.69 Å². The number of nitrogens with one attached hydrogen (secondary N) is 2. The second-order valence-corrected chi connectivity index (χ2v) is 11.1. The molecule has 1 saturated heterocycles. The Bertz CT molecular complexity index is 1290. The van der Waals surface area contributed by atoms with Gasteiger partial charge in [-0.1, -0.05) is 61.8 Å². The summed E-state index contributed by atoms with van der Waals surface area (Å²) in [6.07, 6.45) is 0. The summed E-state index contributed by atoms with van der Waals surface area (Å²) in [6.45, 7) is 8.67. The molecule has 0 unspecified atom stereocenters. The minimum absolute atomic E-state index is 0.0354. The standard InChI is InChI=1S/C24H27Cl2N7O3S/c1-24(2,3)16-5-7-20(18(26)13-16)33-23(28-30-31-33)37-14-21(34)27-19-6-4-15(12-17(19)25)22(35)29-32-8-10-36-11-9-32/h4-7,12-13H,8-11,14H2,1-3H3,(H,27,34)(H,29,35). The molecule has 0 bridgehead atoms. The molecule has 13 heteroatoms. The average molecular weight is 564 g/mol. The summed E-state index contributed by atoms with van der Waals surface area (Å²) >= 11 is 14.0. The van der Waals surface area contributed by atoms with Crippen molar-refractivity contribution in [3.63, 3.8) is 0 Å². The Kier molecular flexibility index (Phi) is 8.71. The Hall–Kier alpha value is -2.70. The number of ether oxygens (including phenoxy) is 1. The Morgan fingerprint density at radius 3 is 2.51 bits per heavy atom. The molecule has 2 heterocycles. The zero-order chi connectivity index (χ0) is 26.6. The Morgan fingerprint density at radius 2 is 1.84 bits per heavy atom. The van der Waals surface area contributed by atoms with Crippen molar-refractivity contribution in [3.05, 3.63) is 57.6 Å². The predicted octanol–water partition coefficient (Wildman–Crippen LogP) is 3.97. The molecule has 0 spiro atoms. The van der Waals surface area contributed by atoms with Crippen molar-refractivity contribution >= 4 is 52.5 Å². The normalized spacial score (nSPS) is 14.4. The van der Waals surface area contributed by atoms with E-state index in [1.807, 2.05) is 18.2 Å². The number of thioether (sulfide) groups is 1. The summed E-state index contributed by atoms with van der Waals surface area (Å²) in [5.41, 5.74) is 5.27. The van der Waals surface area contributed by atoms with Gasteiger partial charge in [-0.05, 0) is 51.7 Å². The van der Waals surface area contributed by atoms with Gasteiger partial charge in [0.05, 0.1) is 40.4 Å². The molecule has 2 N–H and O–H groups in total. The fourth-order valence-electron chi connectivity index (χ4n) is 3.52. The minimum Gasteiger partial charge on any atom is -0.379 e. The lowest BCUT2D eigenvalue weighted by molar-refractivity contribution is -0.113. The Labute approximate surface area is 229 Å². The molecule has 4 rings (SSSR count). The zero-order valence-corrected chi connectivity index (χ0v) is 23.0. The maximum absolute atomic E-state index is 12.6. The van der Waals surface area contributed by atoms with Crippen molar-refractivity contribution in [3.8, 4) is 5.69 Å². The number of carbonyl (C=O) groups is 2. The molecule has 37 heavy (non-hydrogen) atoms. The second kappa shape index (κ2) is 11.8. The molecular weight excluding hydrogens is 537 g/mol. The average Bonchev–Trinajstić information content (AvgIpc) is 3.32. The number of anilines is 1. The number of hydrogen-bond acceptors (Lipinski definition) is 8. The van der Waals surface area contributed by atoms with Gasteiger partial charge in [0.25, 0.3) is 5.91 Å². The van der Waals surface area contributed by atoms with Gasteiger partial charge in [0, 0.05) is 18.7 Å². The molecule has 1 aromatic heterocycles. The first-order valence-electron chi connectivity index (χ1n) is 11.6. The van der Waals surface area contributed by atoms with E-state index in [2.05, 4.69) is 47.0 Å². The van der Waals surface area contributed by atoms with Gasteiger partial charge in [-0.25, -0.2) is 5.01 Å². The van der Waals surface area contributed by atoms with Crippen molar-refractivity contribution in [1.82, 2.24) is 30.6 Å². The number of aromatic nitrogens is 4. The van der Waals surface area contributed by atoms with Crippen LogP contribution in [-0.4, -0.2) is 69.1 Å². The lowest BCUT2D eigenvalue weighted by atomic mass is 9.87. The van der Waals surface area contributed by atoms with Crippen LogP contribution in [0.1, 0.15) is 36.7 Å². The second-order valence-electron chi connectivity index (χ2n) is 9.36. The first-order chi connectivity index (χ1) is 17.6. The number of rotatable bonds is 7. The van der Waals surface area contributed by atoms with Crippen LogP contribution < -0.4 is 10.7 Å². The van der Waals surface area contributed by atoms with Crippen LogP contribution in [-0.2, 0) is 14.9 Å². The van der Waals surface area contributed by atoms with E-state index in [4.69, 9.17) is 27.9 Å². The zero-order valence-electron chi connectivity index (χ0n) is 20.6. The maximum Gasteiger partial charge on any atom is 0.265 e. The molecule has 0 atom stereocenters. The number of hydrazine groups is 1. The summed E-state index contributed by atoms with van der Waals surface area (Å²) in [5, 5.41) is 17.5. The number of morpholine rings is 1. The smallest absolute Gasteiger partial charge is 0.265 e. The monoisotopic (exact) mass is 563 g/mol. The SMILES string of the molecule is CC(C)(C)c1ccc(-n2nnnc2SCC(=O)Nc2ccc(C(=O)NN3CCOCC3)cc2Cl)c(Cl)c1. The van der Waals surface area contributed by atoms with Gasteiger partial charge in [0.2, 0.25) is 11.1 Å². The lowest BCUT2D eigenvalue weighted by Crippen LogP contribution is -2.48. The number of amides is 2. The fraction of sp³-hybridized carbons (Fsp3) is 0.375. The van der Waals surface area contributed by atoms with E-state index in [1.165, 1.54) is 10.7 Å². The molecule has 2 aromatic carbocycles. The van der Waals surface area contributed by atoms with Gasteiger partial charge < -0.3 is 10.1 Å². The van der Waals surface area contributed by atoms with E-state index in [0.29, 0.717) is 53.4 Å². The van der Waals surface area contributed by atoms with E-state index >= 15 is 0 Å². The van der Waals surface area contributed by atoms with Gasteiger partial charge in [-0.2, -0.15) is 4.68 Å². The topological polar surface area (TPSA) is 114 Å². The molecule has 1 aliphatic heterocycles. The van der Waals surface area contributed by atoms with Crippen LogP contribution >= 0.6 is 35.0 Å². The van der Waals surface area contributed by atoms with Gasteiger partial charge in [0.1, 0.15) is 0 Å². The van der Waals surface area contributed by atoms with Crippen molar-refractivity contribution in [2.75, 3.05) is 37.4 Å². The third-order valence-electron chi connectivity index (χ3n) is 5.59. The van der Waals surface area contributed by atoms with Crippen molar-refractivity contribution in [2.45, 2.75) is 31.3 Å². The first kappa shape index (κ1) is 27.3. The Balaban J connectivity index is 1.36. The van der Waals surface area contributed by atoms with E-state index < -0.39 is 0 Å². The van der Waals surface area contributed by atoms with Crippen LogP contribution in [0.5, 0.6) is 0 Å². The van der Waals surface area contributed by atoms with Crippen molar-refractivity contribution in [1.29, 1.82) is 0 Å². The molecule has 1 aliphatic rings. The fourth-order valence-corrected chi connectivity index (χ4v) is 4.69. The molecule has 196 valence electrons. The highest BCUT2D eigenvalue weighted by Crippen LogP contribution is 2.30. The molecular formula is C24H27Cl2N7O3S. The minimum atomic E-state index is -0.304. The number of carbonyl (C=O) groups excluding carboxylic acids is 2. The van der Waals surface area contributed by atoms with E-state index in [1.54, 1.807) is 17.1 Å². The summed E-state index contributed by atoms with van der Waals surface area (Å²) in [6, 6.07) is 10.5. The number of hydrogen-bond donors (Lipinski definition) is 2. The van der Waals surface area contributed by atoms with Gasteiger partial charge in [-0.3, -0.25) is 15.0 Å². The van der Waals surface area contributed by atoms with Gasteiger partial charge >= 0.3 is 0 Å². The largest absolute Gasteiger partial charge is 0.379 e. The van der Waals surface area contributed by atoms with E-state index in [9.17, 15) is 9.59 Å². The number of benzene rings is 2. The number of tetrazole rings is 1. The third-order valence-corrected chi connectivity index (χ3v) is 7.13. The van der Waals surface area contributed by atoms with Crippen LogP contribution in [0.3, 0.4) is 0 Å². The summed E-state index contributed by atoms with van der Waals surface area (Å²) < 4.78 is 6.78. The van der Waals surface area contributed by atoms with E-state index in [0.717, 1.165) is 17.3 Å². The summed E-state index contributed by atoms with van der Waals surface area (Å²) in [5.74, 6) is -0.549. The third kappa shape index (κ3) is 6.99. The Morgan fingerprint density at radius 1 is 1.08 bits per heavy atom. The van der Waals surface area contributed by atoms with Gasteiger partial charge in [-0.15, -0.1) is 5.10 Å². The quantitative estimate of drug-likeness (QED) is 0.415. The molecule has 1 fully saturated rings. The highest BCUT2D eigenvalue weighted by atomic mass is 35.5. The summed E-state index contributed by atoms with van der Waals surface area (Å²) in [4.78, 5) is 25.1. The summed E-state index contributed by atoms with van der Waals surface area (Å²) in [7, 11) is 0. The van der Waals surface area contributed by atoms with Gasteiger partial charge in [0.15, 0.2) is 0 Å².